The van der Waals surface area contributed by atoms with Crippen LogP contribution in [0, 0.1) is 11.3 Å². The molecule has 200 valence electrons. The van der Waals surface area contributed by atoms with E-state index >= 15 is 0 Å². The first-order chi connectivity index (χ1) is 18.6. The third-order valence-electron chi connectivity index (χ3n) is 6.80. The Morgan fingerprint density at radius 1 is 1.23 bits per heavy atom. The van der Waals surface area contributed by atoms with Crippen LogP contribution in [-0.2, 0) is 11.2 Å². The van der Waals surface area contributed by atoms with Crippen LogP contribution in [0.1, 0.15) is 38.3 Å². The summed E-state index contributed by atoms with van der Waals surface area (Å²) in [7, 11) is 0. The van der Waals surface area contributed by atoms with Crippen molar-refractivity contribution in [2.75, 3.05) is 24.6 Å². The summed E-state index contributed by atoms with van der Waals surface area (Å²) < 4.78 is 7.44. The van der Waals surface area contributed by atoms with Crippen LogP contribution < -0.4 is 15.0 Å². The van der Waals surface area contributed by atoms with Crippen molar-refractivity contribution >= 4 is 17.2 Å². The third kappa shape index (κ3) is 6.02. The smallest absolute Gasteiger partial charge is 0.224 e. The molecule has 9 heteroatoms. The summed E-state index contributed by atoms with van der Waals surface area (Å²) >= 11 is 0. The molecule has 0 radical (unpaired) electrons. The summed E-state index contributed by atoms with van der Waals surface area (Å²) in [4.78, 5) is 19.6. The number of rotatable bonds is 8. The van der Waals surface area contributed by atoms with E-state index in [-0.39, 0.29) is 18.1 Å². The molecule has 39 heavy (non-hydrogen) atoms. The van der Waals surface area contributed by atoms with Gasteiger partial charge in [-0.15, -0.1) is 0 Å². The number of nitriles is 1. The second-order valence-electron chi connectivity index (χ2n) is 11.0. The molecule has 1 aliphatic heterocycles. The van der Waals surface area contributed by atoms with Crippen molar-refractivity contribution in [3.63, 3.8) is 0 Å². The zero-order chi connectivity index (χ0) is 27.6. The first kappa shape index (κ1) is 26.2. The highest BCUT2D eigenvalue weighted by molar-refractivity contribution is 5.85. The van der Waals surface area contributed by atoms with Gasteiger partial charge in [-0.2, -0.15) is 10.4 Å². The standard InChI is InChI=1S/C30H32N6O3/c1-29(2,38)20-39-24-14-25(28-23(15-31)17-33-36(28)18-24)22-9-10-26(32-16-22)35-12-11-30(3,19-35)34-27(37)13-21-7-5-4-6-8-21/h4-10,14,16-18,38H,11-13,19-20H2,1-3H3,(H,34,37)/t30-/m0/s1. The zero-order valence-corrected chi connectivity index (χ0v) is 22.4. The Hall–Kier alpha value is -4.42. The minimum Gasteiger partial charge on any atom is -0.489 e. The number of hydrogen-bond acceptors (Lipinski definition) is 7. The Labute approximate surface area is 227 Å². The molecule has 3 aromatic heterocycles. The Balaban J connectivity index is 1.33. The Morgan fingerprint density at radius 3 is 2.72 bits per heavy atom. The second-order valence-corrected chi connectivity index (χ2v) is 11.0. The van der Waals surface area contributed by atoms with Crippen molar-refractivity contribution in [2.45, 2.75) is 44.8 Å². The number of aliphatic hydroxyl groups is 1. The molecule has 0 bridgehead atoms. The first-order valence-corrected chi connectivity index (χ1v) is 13.0. The van der Waals surface area contributed by atoms with Crippen molar-refractivity contribution in [1.82, 2.24) is 19.9 Å². The molecule has 0 spiro atoms. The fourth-order valence-corrected chi connectivity index (χ4v) is 4.89. The predicted molar refractivity (Wildman–Crippen MR) is 148 cm³/mol. The van der Waals surface area contributed by atoms with Gasteiger partial charge in [0.15, 0.2) is 0 Å². The van der Waals surface area contributed by atoms with Gasteiger partial charge in [0.1, 0.15) is 24.2 Å². The topological polar surface area (TPSA) is 116 Å². The van der Waals surface area contributed by atoms with E-state index in [1.165, 1.54) is 6.20 Å². The van der Waals surface area contributed by atoms with Crippen LogP contribution in [0.2, 0.25) is 0 Å². The summed E-state index contributed by atoms with van der Waals surface area (Å²) in [5, 5.41) is 27.2. The molecule has 0 saturated carbocycles. The summed E-state index contributed by atoms with van der Waals surface area (Å²) in [6.07, 6.45) is 6.18. The summed E-state index contributed by atoms with van der Waals surface area (Å²) in [6.45, 7) is 6.97. The maximum absolute atomic E-state index is 12.7. The molecule has 0 aliphatic carbocycles. The van der Waals surface area contributed by atoms with Crippen molar-refractivity contribution in [3.8, 4) is 22.9 Å². The van der Waals surface area contributed by atoms with E-state index in [0.29, 0.717) is 29.8 Å². The monoisotopic (exact) mass is 524 g/mol. The van der Waals surface area contributed by atoms with Crippen molar-refractivity contribution in [1.29, 1.82) is 5.26 Å². The first-order valence-electron chi connectivity index (χ1n) is 13.0. The molecule has 4 aromatic rings. The Morgan fingerprint density at radius 2 is 2.03 bits per heavy atom. The van der Waals surface area contributed by atoms with Crippen LogP contribution in [0.5, 0.6) is 5.75 Å². The van der Waals surface area contributed by atoms with Gasteiger partial charge in [0, 0.05) is 30.4 Å². The van der Waals surface area contributed by atoms with Gasteiger partial charge >= 0.3 is 0 Å². The van der Waals surface area contributed by atoms with Crippen LogP contribution in [0.15, 0.2) is 67.1 Å². The fraction of sp³-hybridized carbons (Fsp3) is 0.333. The lowest BCUT2D eigenvalue weighted by Crippen LogP contribution is -2.48. The van der Waals surface area contributed by atoms with Gasteiger partial charge in [-0.3, -0.25) is 4.79 Å². The molecule has 5 rings (SSSR count). The maximum atomic E-state index is 12.7. The number of anilines is 1. The molecular weight excluding hydrogens is 492 g/mol. The lowest BCUT2D eigenvalue weighted by Gasteiger charge is -2.26. The minimum atomic E-state index is -0.995. The van der Waals surface area contributed by atoms with E-state index in [2.05, 4.69) is 28.3 Å². The number of aromatic nitrogens is 3. The van der Waals surface area contributed by atoms with Crippen LogP contribution in [0.4, 0.5) is 5.82 Å². The number of nitrogens with zero attached hydrogens (tertiary/aromatic N) is 5. The van der Waals surface area contributed by atoms with Gasteiger partial charge in [-0.25, -0.2) is 9.50 Å². The van der Waals surface area contributed by atoms with E-state index in [4.69, 9.17) is 9.72 Å². The van der Waals surface area contributed by atoms with Gasteiger partial charge in [0.2, 0.25) is 5.91 Å². The Bertz CT molecular complexity index is 1520. The van der Waals surface area contributed by atoms with Gasteiger partial charge in [0.05, 0.1) is 41.0 Å². The van der Waals surface area contributed by atoms with Crippen molar-refractivity contribution in [2.24, 2.45) is 0 Å². The molecule has 1 amide bonds. The average Bonchev–Trinajstić information content (AvgIpc) is 3.50. The molecule has 1 aromatic carbocycles. The quantitative estimate of drug-likeness (QED) is 0.361. The molecule has 1 saturated heterocycles. The summed E-state index contributed by atoms with van der Waals surface area (Å²) in [6, 6.07) is 17.7. The molecule has 9 nitrogen and oxygen atoms in total. The van der Waals surface area contributed by atoms with Gasteiger partial charge in [-0.1, -0.05) is 30.3 Å². The van der Waals surface area contributed by atoms with Crippen LogP contribution in [0.25, 0.3) is 16.6 Å². The van der Waals surface area contributed by atoms with Crippen LogP contribution >= 0.6 is 0 Å². The lowest BCUT2D eigenvalue weighted by molar-refractivity contribution is -0.122. The van der Waals surface area contributed by atoms with Gasteiger partial charge in [-0.05, 0) is 51.0 Å². The number of ether oxygens (including phenoxy) is 1. The summed E-state index contributed by atoms with van der Waals surface area (Å²) in [5.74, 6) is 1.36. The number of carbonyl (C=O) groups is 1. The molecule has 1 atom stereocenters. The second kappa shape index (κ2) is 10.4. The third-order valence-corrected chi connectivity index (χ3v) is 6.80. The molecule has 2 N–H and O–H groups in total. The highest BCUT2D eigenvalue weighted by Gasteiger charge is 2.35. The highest BCUT2D eigenvalue weighted by Crippen LogP contribution is 2.32. The van der Waals surface area contributed by atoms with Crippen molar-refractivity contribution < 1.29 is 14.6 Å². The highest BCUT2D eigenvalue weighted by atomic mass is 16.5. The van der Waals surface area contributed by atoms with Crippen molar-refractivity contribution in [3.05, 3.63) is 78.2 Å². The lowest BCUT2D eigenvalue weighted by atomic mass is 10.0. The van der Waals surface area contributed by atoms with Gasteiger partial charge < -0.3 is 20.1 Å². The number of hydrogen-bond donors (Lipinski definition) is 2. The molecule has 0 unspecified atom stereocenters. The SMILES string of the molecule is CC(C)(O)COc1cc(-c2ccc(N3CC[C@](C)(NC(=O)Cc4ccccc4)C3)nc2)c2c(C#N)cnn2c1. The number of benzene rings is 1. The fourth-order valence-electron chi connectivity index (χ4n) is 4.89. The Kier molecular flexibility index (Phi) is 6.98. The molecule has 1 aliphatic rings. The van der Waals surface area contributed by atoms with E-state index < -0.39 is 5.60 Å². The number of amides is 1. The van der Waals surface area contributed by atoms with Gasteiger partial charge in [0.25, 0.3) is 0 Å². The predicted octanol–water partition coefficient (Wildman–Crippen LogP) is 3.75. The summed E-state index contributed by atoms with van der Waals surface area (Å²) in [5.41, 5.74) is 2.34. The van der Waals surface area contributed by atoms with E-state index in [1.54, 1.807) is 30.8 Å². The number of fused-ring (bicyclic) bond motifs is 1. The largest absolute Gasteiger partial charge is 0.489 e. The van der Waals surface area contributed by atoms with E-state index in [9.17, 15) is 15.2 Å². The van der Waals surface area contributed by atoms with Crippen LogP contribution in [-0.4, -0.2) is 56.4 Å². The normalized spacial score (nSPS) is 17.3. The maximum Gasteiger partial charge on any atom is 0.224 e. The molecular formula is C30H32N6O3. The zero-order valence-electron chi connectivity index (χ0n) is 22.4. The average molecular weight is 525 g/mol. The van der Waals surface area contributed by atoms with Crippen LogP contribution in [0.3, 0.4) is 0 Å². The molecule has 4 heterocycles. The number of nitrogens with one attached hydrogen (secondary N) is 1. The number of pyridine rings is 2. The van der Waals surface area contributed by atoms with E-state index in [0.717, 1.165) is 35.5 Å². The minimum absolute atomic E-state index is 0.0127. The van der Waals surface area contributed by atoms with E-state index in [1.807, 2.05) is 48.5 Å². The molecule has 1 fully saturated rings. The number of carbonyl (C=O) groups excluding carboxylic acids is 1.